The Morgan fingerprint density at radius 2 is 1.64 bits per heavy atom. The summed E-state index contributed by atoms with van der Waals surface area (Å²) >= 11 is 0. The molecule has 2 rings (SSSR count). The van der Waals surface area contributed by atoms with Gasteiger partial charge in [0.15, 0.2) is 0 Å². The molecule has 4 nitrogen and oxygen atoms in total. The minimum atomic E-state index is -2.85. The van der Waals surface area contributed by atoms with Crippen LogP contribution in [-0.4, -0.2) is 25.1 Å². The van der Waals surface area contributed by atoms with E-state index in [0.29, 0.717) is 6.54 Å². The lowest BCUT2D eigenvalue weighted by atomic mass is 9.97. The highest BCUT2D eigenvalue weighted by Crippen LogP contribution is 2.25. The van der Waals surface area contributed by atoms with Gasteiger partial charge in [0.05, 0.1) is 12.1 Å². The summed E-state index contributed by atoms with van der Waals surface area (Å²) in [5.41, 5.74) is 1.82. The standard InChI is InChI=1S/C19H22F2N2O2/c1-3-22-18(24)13(2)23-17(14-7-5-4-6-8-14)15-9-11-16(12-10-15)25-19(20)21/h4-13,17,19,23H,3H2,1-2H3,(H,22,24)/t13-,17-/m0/s1. The predicted molar refractivity (Wildman–Crippen MR) is 92.6 cm³/mol. The Morgan fingerprint density at radius 1 is 1.04 bits per heavy atom. The Hall–Kier alpha value is -2.47. The Morgan fingerprint density at radius 3 is 2.20 bits per heavy atom. The van der Waals surface area contributed by atoms with Crippen LogP contribution in [0.2, 0.25) is 0 Å². The van der Waals surface area contributed by atoms with Gasteiger partial charge < -0.3 is 10.1 Å². The summed E-state index contributed by atoms with van der Waals surface area (Å²) in [5.74, 6) is 0.00317. The van der Waals surface area contributed by atoms with Crippen LogP contribution in [0.4, 0.5) is 8.78 Å². The van der Waals surface area contributed by atoms with E-state index in [9.17, 15) is 13.6 Å². The van der Waals surface area contributed by atoms with Crippen LogP contribution in [0.15, 0.2) is 54.6 Å². The Kier molecular flexibility index (Phi) is 6.89. The van der Waals surface area contributed by atoms with Crippen LogP contribution in [0, 0.1) is 0 Å². The van der Waals surface area contributed by atoms with Crippen LogP contribution in [0.5, 0.6) is 5.75 Å². The summed E-state index contributed by atoms with van der Waals surface area (Å²) in [6, 6.07) is 15.4. The maximum Gasteiger partial charge on any atom is 0.387 e. The predicted octanol–water partition coefficient (Wildman–Crippen LogP) is 3.49. The number of rotatable bonds is 8. The zero-order valence-electron chi connectivity index (χ0n) is 14.2. The average molecular weight is 348 g/mol. The van der Waals surface area contributed by atoms with E-state index in [1.807, 2.05) is 37.3 Å². The van der Waals surface area contributed by atoms with Crippen LogP contribution in [0.1, 0.15) is 31.0 Å². The first-order valence-electron chi connectivity index (χ1n) is 8.14. The topological polar surface area (TPSA) is 50.4 Å². The molecule has 0 aliphatic heterocycles. The van der Waals surface area contributed by atoms with E-state index < -0.39 is 12.7 Å². The van der Waals surface area contributed by atoms with Crippen LogP contribution in [0.25, 0.3) is 0 Å². The minimum Gasteiger partial charge on any atom is -0.435 e. The summed E-state index contributed by atoms with van der Waals surface area (Å²) < 4.78 is 29.0. The summed E-state index contributed by atoms with van der Waals surface area (Å²) in [6.07, 6.45) is 0. The van der Waals surface area contributed by atoms with E-state index in [1.54, 1.807) is 19.1 Å². The van der Waals surface area contributed by atoms with Gasteiger partial charge in [-0.3, -0.25) is 10.1 Å². The molecule has 0 radical (unpaired) electrons. The van der Waals surface area contributed by atoms with Crippen molar-refractivity contribution in [3.63, 3.8) is 0 Å². The van der Waals surface area contributed by atoms with Crippen molar-refractivity contribution in [3.8, 4) is 5.75 Å². The Balaban J connectivity index is 2.24. The number of alkyl halides is 2. The van der Waals surface area contributed by atoms with Gasteiger partial charge in [-0.25, -0.2) is 0 Å². The van der Waals surface area contributed by atoms with Gasteiger partial charge >= 0.3 is 6.61 Å². The largest absolute Gasteiger partial charge is 0.435 e. The summed E-state index contributed by atoms with van der Waals surface area (Å²) in [5, 5.41) is 6.07. The number of carbonyl (C=O) groups is 1. The fourth-order valence-electron chi connectivity index (χ4n) is 2.53. The molecule has 1 amide bonds. The molecule has 0 unspecified atom stereocenters. The first-order valence-corrected chi connectivity index (χ1v) is 8.14. The number of hydrogen-bond donors (Lipinski definition) is 2. The molecule has 0 aromatic heterocycles. The van der Waals surface area contributed by atoms with E-state index in [1.165, 1.54) is 12.1 Å². The first kappa shape index (κ1) is 18.9. The molecule has 134 valence electrons. The van der Waals surface area contributed by atoms with Crippen LogP contribution >= 0.6 is 0 Å². The molecule has 2 atom stereocenters. The highest BCUT2D eigenvalue weighted by atomic mass is 19.3. The number of ether oxygens (including phenoxy) is 1. The van der Waals surface area contributed by atoms with Gasteiger partial charge in [-0.1, -0.05) is 42.5 Å². The van der Waals surface area contributed by atoms with Crippen molar-refractivity contribution < 1.29 is 18.3 Å². The van der Waals surface area contributed by atoms with Crippen molar-refractivity contribution in [2.45, 2.75) is 32.5 Å². The van der Waals surface area contributed by atoms with Gasteiger partial charge in [0.25, 0.3) is 0 Å². The number of likely N-dealkylation sites (N-methyl/N-ethyl adjacent to an activating group) is 1. The summed E-state index contributed by atoms with van der Waals surface area (Å²) in [7, 11) is 0. The van der Waals surface area contributed by atoms with E-state index >= 15 is 0 Å². The van der Waals surface area contributed by atoms with E-state index in [0.717, 1.165) is 11.1 Å². The second-order valence-corrected chi connectivity index (χ2v) is 5.57. The minimum absolute atomic E-state index is 0.0962. The normalized spacial score (nSPS) is 13.3. The number of halogens is 2. The van der Waals surface area contributed by atoms with Crippen LogP contribution in [-0.2, 0) is 4.79 Å². The van der Waals surface area contributed by atoms with Gasteiger partial charge in [-0.15, -0.1) is 0 Å². The third kappa shape index (κ3) is 5.53. The molecule has 6 heteroatoms. The van der Waals surface area contributed by atoms with E-state index in [-0.39, 0.29) is 17.7 Å². The molecule has 0 aliphatic carbocycles. The van der Waals surface area contributed by atoms with Crippen molar-refractivity contribution in [3.05, 3.63) is 65.7 Å². The van der Waals surface area contributed by atoms with Gasteiger partial charge in [0, 0.05) is 6.54 Å². The van der Waals surface area contributed by atoms with Crippen molar-refractivity contribution in [1.82, 2.24) is 10.6 Å². The van der Waals surface area contributed by atoms with E-state index in [2.05, 4.69) is 15.4 Å². The molecule has 2 N–H and O–H groups in total. The molecule has 0 saturated heterocycles. The molecule has 2 aromatic rings. The highest BCUT2D eigenvalue weighted by molar-refractivity contribution is 5.81. The molecule has 0 heterocycles. The van der Waals surface area contributed by atoms with Gasteiger partial charge in [0.1, 0.15) is 5.75 Å². The fraction of sp³-hybridized carbons (Fsp3) is 0.316. The molecular weight excluding hydrogens is 326 g/mol. The smallest absolute Gasteiger partial charge is 0.387 e. The second-order valence-electron chi connectivity index (χ2n) is 5.57. The third-order valence-corrected chi connectivity index (χ3v) is 3.73. The Labute approximate surface area is 146 Å². The summed E-state index contributed by atoms with van der Waals surface area (Å²) in [6.45, 7) is 1.35. The zero-order valence-corrected chi connectivity index (χ0v) is 14.2. The van der Waals surface area contributed by atoms with Crippen LogP contribution in [0.3, 0.4) is 0 Å². The molecular formula is C19H22F2N2O2. The maximum absolute atomic E-state index is 12.3. The lowest BCUT2D eigenvalue weighted by molar-refractivity contribution is -0.122. The average Bonchev–Trinajstić information content (AvgIpc) is 2.61. The van der Waals surface area contributed by atoms with Gasteiger partial charge in [0.2, 0.25) is 5.91 Å². The molecule has 2 aromatic carbocycles. The lowest BCUT2D eigenvalue weighted by Gasteiger charge is -2.24. The fourth-order valence-corrected chi connectivity index (χ4v) is 2.53. The van der Waals surface area contributed by atoms with Crippen LogP contribution < -0.4 is 15.4 Å². The molecule has 0 spiro atoms. The third-order valence-electron chi connectivity index (χ3n) is 3.73. The van der Waals surface area contributed by atoms with Crippen molar-refractivity contribution >= 4 is 5.91 Å². The molecule has 25 heavy (non-hydrogen) atoms. The lowest BCUT2D eigenvalue weighted by Crippen LogP contribution is -2.43. The Bertz CT molecular complexity index is 663. The number of benzene rings is 2. The maximum atomic E-state index is 12.3. The van der Waals surface area contributed by atoms with Crippen molar-refractivity contribution in [2.75, 3.05) is 6.54 Å². The number of amides is 1. The zero-order chi connectivity index (χ0) is 18.2. The monoisotopic (exact) mass is 348 g/mol. The number of hydrogen-bond acceptors (Lipinski definition) is 3. The number of nitrogens with one attached hydrogen (secondary N) is 2. The van der Waals surface area contributed by atoms with Gasteiger partial charge in [-0.2, -0.15) is 8.78 Å². The molecule has 0 fully saturated rings. The second kappa shape index (κ2) is 9.13. The van der Waals surface area contributed by atoms with Crippen molar-refractivity contribution in [2.24, 2.45) is 0 Å². The van der Waals surface area contributed by atoms with E-state index in [4.69, 9.17) is 0 Å². The quantitative estimate of drug-likeness (QED) is 0.768. The van der Waals surface area contributed by atoms with Gasteiger partial charge in [-0.05, 0) is 37.1 Å². The highest BCUT2D eigenvalue weighted by Gasteiger charge is 2.20. The molecule has 0 saturated carbocycles. The molecule has 0 bridgehead atoms. The SMILES string of the molecule is CCNC(=O)[C@H](C)N[C@@H](c1ccccc1)c1ccc(OC(F)F)cc1. The van der Waals surface area contributed by atoms with Crippen molar-refractivity contribution in [1.29, 1.82) is 0 Å². The first-order chi connectivity index (χ1) is 12.0. The summed E-state index contributed by atoms with van der Waals surface area (Å²) in [4.78, 5) is 12.0. The molecule has 0 aliphatic rings. The number of carbonyl (C=O) groups excluding carboxylic acids is 1.